The number of benzene rings is 2. The maximum absolute atomic E-state index is 12.9. The monoisotopic (exact) mass is 386 g/mol. The first-order valence-electron chi connectivity index (χ1n) is 9.07. The molecule has 2 heterocycles. The molecule has 1 fully saturated rings. The van der Waals surface area contributed by atoms with Crippen LogP contribution >= 0.6 is 11.8 Å². The Morgan fingerprint density at radius 3 is 2.89 bits per heavy atom. The Kier molecular flexibility index (Phi) is 5.29. The van der Waals surface area contributed by atoms with Crippen LogP contribution in [0, 0.1) is 0 Å². The largest absolute Gasteiger partial charge is 0.492 e. The van der Waals surface area contributed by atoms with Gasteiger partial charge < -0.3 is 24.4 Å². The number of hydrogen-bond acceptors (Lipinski definition) is 5. The van der Waals surface area contributed by atoms with Crippen LogP contribution in [0.5, 0.6) is 17.2 Å². The summed E-state index contributed by atoms with van der Waals surface area (Å²) in [7, 11) is 0. The van der Waals surface area contributed by atoms with E-state index in [-0.39, 0.29) is 11.4 Å². The molecule has 142 valence electrons. The lowest BCUT2D eigenvalue weighted by Gasteiger charge is -2.26. The lowest BCUT2D eigenvalue weighted by atomic mass is 10.1. The van der Waals surface area contributed by atoms with E-state index in [1.807, 2.05) is 54.3 Å². The number of ether oxygens (including phenoxy) is 3. The van der Waals surface area contributed by atoms with Crippen LogP contribution < -0.4 is 19.5 Å². The minimum atomic E-state index is -0.132. The summed E-state index contributed by atoms with van der Waals surface area (Å²) in [5.74, 6) is 3.07. The van der Waals surface area contributed by atoms with Crippen molar-refractivity contribution in [1.29, 1.82) is 0 Å². The van der Waals surface area contributed by atoms with Gasteiger partial charge in [0.25, 0.3) is 0 Å². The number of amides is 2. The van der Waals surface area contributed by atoms with Crippen molar-refractivity contribution in [3.8, 4) is 17.2 Å². The Balaban J connectivity index is 1.52. The van der Waals surface area contributed by atoms with Crippen LogP contribution in [0.1, 0.15) is 17.9 Å². The minimum absolute atomic E-state index is 0.0555. The molecule has 0 aromatic heterocycles. The number of rotatable bonds is 4. The highest BCUT2D eigenvalue weighted by Crippen LogP contribution is 2.42. The van der Waals surface area contributed by atoms with Crippen molar-refractivity contribution < 1.29 is 19.0 Å². The Hall–Kier alpha value is -2.54. The molecule has 2 aromatic rings. The molecule has 0 saturated carbocycles. The fraction of sp³-hybridized carbons (Fsp3) is 0.350. The molecule has 2 aromatic carbocycles. The number of anilines is 1. The van der Waals surface area contributed by atoms with Crippen molar-refractivity contribution in [3.63, 3.8) is 0 Å². The second-order valence-corrected chi connectivity index (χ2v) is 7.37. The maximum Gasteiger partial charge on any atom is 0.323 e. The lowest BCUT2D eigenvalue weighted by Crippen LogP contribution is -2.34. The van der Waals surface area contributed by atoms with Gasteiger partial charge in [-0.1, -0.05) is 18.2 Å². The fourth-order valence-corrected chi connectivity index (χ4v) is 4.45. The maximum atomic E-state index is 12.9. The molecular weight excluding hydrogens is 364 g/mol. The summed E-state index contributed by atoms with van der Waals surface area (Å²) in [6, 6.07) is 13.3. The summed E-state index contributed by atoms with van der Waals surface area (Å²) in [5, 5.41) is 2.94. The second kappa shape index (κ2) is 8.00. The highest BCUT2D eigenvalue weighted by molar-refractivity contribution is 7.99. The number of hydrogen-bond donors (Lipinski definition) is 1. The molecule has 0 radical (unpaired) electrons. The molecule has 2 amide bonds. The molecule has 7 heteroatoms. The normalized spacial score (nSPS) is 18.3. The second-order valence-electron chi connectivity index (χ2n) is 6.18. The summed E-state index contributed by atoms with van der Waals surface area (Å²) >= 11 is 1.75. The summed E-state index contributed by atoms with van der Waals surface area (Å²) in [6.45, 7) is 4.28. The van der Waals surface area contributed by atoms with Crippen molar-refractivity contribution in [2.24, 2.45) is 0 Å². The highest BCUT2D eigenvalue weighted by atomic mass is 32.2. The summed E-state index contributed by atoms with van der Waals surface area (Å²) in [4.78, 5) is 14.8. The fourth-order valence-electron chi connectivity index (χ4n) is 3.21. The van der Waals surface area contributed by atoms with Gasteiger partial charge in [0, 0.05) is 12.3 Å². The van der Waals surface area contributed by atoms with E-state index in [0.717, 1.165) is 22.8 Å². The van der Waals surface area contributed by atoms with Crippen LogP contribution in [0.25, 0.3) is 0 Å². The molecule has 6 nitrogen and oxygen atoms in total. The smallest absolute Gasteiger partial charge is 0.323 e. The number of carbonyl (C=O) groups excluding carboxylic acids is 1. The molecule has 0 spiro atoms. The van der Waals surface area contributed by atoms with Gasteiger partial charge in [-0.15, -0.1) is 11.8 Å². The lowest BCUT2D eigenvalue weighted by molar-refractivity contribution is 0.171. The highest BCUT2D eigenvalue weighted by Gasteiger charge is 2.32. The zero-order valence-electron chi connectivity index (χ0n) is 15.1. The Morgan fingerprint density at radius 2 is 2.04 bits per heavy atom. The van der Waals surface area contributed by atoms with E-state index >= 15 is 0 Å². The summed E-state index contributed by atoms with van der Waals surface area (Å²) in [6.07, 6.45) is 0. The van der Waals surface area contributed by atoms with Crippen LogP contribution in [-0.4, -0.2) is 43.0 Å². The predicted octanol–water partition coefficient (Wildman–Crippen LogP) is 4.14. The van der Waals surface area contributed by atoms with E-state index in [1.54, 1.807) is 11.8 Å². The van der Waals surface area contributed by atoms with E-state index in [4.69, 9.17) is 14.2 Å². The van der Waals surface area contributed by atoms with E-state index in [2.05, 4.69) is 5.32 Å². The predicted molar refractivity (Wildman–Crippen MR) is 106 cm³/mol. The molecule has 1 N–H and O–H groups in total. The van der Waals surface area contributed by atoms with Crippen LogP contribution in [0.3, 0.4) is 0 Å². The van der Waals surface area contributed by atoms with Crippen LogP contribution in [0.4, 0.5) is 10.5 Å². The zero-order chi connectivity index (χ0) is 18.6. The first-order valence-corrected chi connectivity index (χ1v) is 10.1. The number of carbonyl (C=O) groups is 1. The van der Waals surface area contributed by atoms with Crippen molar-refractivity contribution in [1.82, 2.24) is 4.90 Å². The first-order chi connectivity index (χ1) is 13.3. The molecule has 27 heavy (non-hydrogen) atoms. The van der Waals surface area contributed by atoms with Gasteiger partial charge in [-0.05, 0) is 36.8 Å². The number of urea groups is 1. The Bertz CT molecular complexity index is 829. The van der Waals surface area contributed by atoms with Gasteiger partial charge in [0.1, 0.15) is 24.3 Å². The molecule has 0 aliphatic carbocycles. The average molecular weight is 386 g/mol. The number of nitrogens with zero attached hydrogens (tertiary/aromatic N) is 1. The Labute approximate surface area is 162 Å². The minimum Gasteiger partial charge on any atom is -0.492 e. The van der Waals surface area contributed by atoms with Crippen molar-refractivity contribution in [2.45, 2.75) is 12.3 Å². The van der Waals surface area contributed by atoms with Crippen molar-refractivity contribution in [2.75, 3.05) is 37.4 Å². The molecule has 1 saturated heterocycles. The molecule has 1 atom stereocenters. The molecule has 0 unspecified atom stereocenters. The third-order valence-electron chi connectivity index (χ3n) is 4.43. The van der Waals surface area contributed by atoms with Crippen LogP contribution in [0.15, 0.2) is 42.5 Å². The van der Waals surface area contributed by atoms with Crippen LogP contribution in [-0.2, 0) is 0 Å². The van der Waals surface area contributed by atoms with Gasteiger partial charge in [-0.2, -0.15) is 0 Å². The molecule has 2 aliphatic rings. The van der Waals surface area contributed by atoms with Gasteiger partial charge in [-0.3, -0.25) is 0 Å². The SMILES string of the molecule is CCOc1ccccc1NC(=O)N1CCS[C@@H]1c1ccc2c(c1)OCCO2. The number of para-hydroxylation sites is 2. The third-order valence-corrected chi connectivity index (χ3v) is 5.69. The third kappa shape index (κ3) is 3.78. The quantitative estimate of drug-likeness (QED) is 0.856. The van der Waals surface area contributed by atoms with E-state index in [0.29, 0.717) is 37.8 Å². The number of nitrogens with one attached hydrogen (secondary N) is 1. The van der Waals surface area contributed by atoms with E-state index < -0.39 is 0 Å². The van der Waals surface area contributed by atoms with Crippen LogP contribution in [0.2, 0.25) is 0 Å². The summed E-state index contributed by atoms with van der Waals surface area (Å²) in [5.41, 5.74) is 1.72. The standard InChI is InChI=1S/C20H22N2O4S/c1-2-24-16-6-4-3-5-15(16)21-20(23)22-9-12-27-19(22)14-7-8-17-18(13-14)26-11-10-25-17/h3-8,13,19H,2,9-12H2,1H3,(H,21,23)/t19-/m1/s1. The van der Waals surface area contributed by atoms with Crippen molar-refractivity contribution in [3.05, 3.63) is 48.0 Å². The first kappa shape index (κ1) is 17.9. The van der Waals surface area contributed by atoms with Gasteiger partial charge in [-0.25, -0.2) is 4.79 Å². The van der Waals surface area contributed by atoms with E-state index in [9.17, 15) is 4.79 Å². The Morgan fingerprint density at radius 1 is 1.22 bits per heavy atom. The number of thioether (sulfide) groups is 1. The zero-order valence-corrected chi connectivity index (χ0v) is 16.0. The number of fused-ring (bicyclic) bond motifs is 1. The van der Waals surface area contributed by atoms with Gasteiger partial charge in [0.15, 0.2) is 11.5 Å². The van der Waals surface area contributed by atoms with Gasteiger partial charge in [0.2, 0.25) is 0 Å². The van der Waals surface area contributed by atoms with Gasteiger partial charge >= 0.3 is 6.03 Å². The molecule has 4 rings (SSSR count). The van der Waals surface area contributed by atoms with E-state index in [1.165, 1.54) is 0 Å². The van der Waals surface area contributed by atoms with Gasteiger partial charge in [0.05, 0.1) is 12.3 Å². The molecule has 0 bridgehead atoms. The molecule has 2 aliphatic heterocycles. The average Bonchev–Trinajstić information content (AvgIpc) is 3.19. The topological polar surface area (TPSA) is 60.0 Å². The van der Waals surface area contributed by atoms with Crippen molar-refractivity contribution >= 4 is 23.5 Å². The molecular formula is C20H22N2O4S. The summed E-state index contributed by atoms with van der Waals surface area (Å²) < 4.78 is 16.9.